The highest BCUT2D eigenvalue weighted by atomic mass is 19.1. The summed E-state index contributed by atoms with van der Waals surface area (Å²) in [6, 6.07) is 5.60. The van der Waals surface area contributed by atoms with Crippen molar-refractivity contribution in [2.75, 3.05) is 5.43 Å². The molecule has 0 saturated carbocycles. The van der Waals surface area contributed by atoms with E-state index in [1.54, 1.807) is 0 Å². The Morgan fingerprint density at radius 1 is 1.35 bits per heavy atom. The number of aliphatic hydroxyl groups excluding tert-OH is 1. The van der Waals surface area contributed by atoms with Crippen molar-refractivity contribution in [2.45, 2.75) is 26.4 Å². The van der Waals surface area contributed by atoms with E-state index < -0.39 is 6.10 Å². The van der Waals surface area contributed by atoms with E-state index in [1.165, 1.54) is 24.3 Å². The molecule has 0 aliphatic carbocycles. The van der Waals surface area contributed by atoms with Crippen molar-refractivity contribution in [3.05, 3.63) is 30.1 Å². The van der Waals surface area contributed by atoms with E-state index in [-0.39, 0.29) is 24.1 Å². The van der Waals surface area contributed by atoms with Crippen LogP contribution in [0.5, 0.6) is 0 Å². The van der Waals surface area contributed by atoms with Gasteiger partial charge >= 0.3 is 0 Å². The molecule has 3 N–H and O–H groups in total. The van der Waals surface area contributed by atoms with Crippen LogP contribution in [-0.4, -0.2) is 17.1 Å². The number of anilines is 1. The molecule has 0 aliphatic heterocycles. The number of benzene rings is 1. The number of nitrogens with one attached hydrogen (secondary N) is 2. The molecule has 0 aliphatic rings. The molecule has 94 valence electrons. The number of rotatable bonds is 5. The van der Waals surface area contributed by atoms with Gasteiger partial charge in [-0.05, 0) is 30.2 Å². The van der Waals surface area contributed by atoms with Crippen LogP contribution in [0.1, 0.15) is 20.3 Å². The van der Waals surface area contributed by atoms with E-state index in [4.69, 9.17) is 0 Å². The Labute approximate surface area is 99.8 Å². The SMILES string of the molecule is CC(C)C(O)CC(=O)NNc1ccc(F)cc1. The van der Waals surface area contributed by atoms with Crippen molar-refractivity contribution in [1.29, 1.82) is 0 Å². The van der Waals surface area contributed by atoms with Gasteiger partial charge in [-0.2, -0.15) is 0 Å². The highest BCUT2D eigenvalue weighted by molar-refractivity contribution is 5.77. The maximum atomic E-state index is 12.6. The summed E-state index contributed by atoms with van der Waals surface area (Å²) in [7, 11) is 0. The Kier molecular flexibility index (Phi) is 4.90. The molecule has 0 saturated heterocycles. The smallest absolute Gasteiger partial charge is 0.240 e. The van der Waals surface area contributed by atoms with Crippen molar-refractivity contribution < 1.29 is 14.3 Å². The summed E-state index contributed by atoms with van der Waals surface area (Å²) < 4.78 is 12.6. The van der Waals surface area contributed by atoms with E-state index in [0.29, 0.717) is 5.69 Å². The zero-order valence-corrected chi connectivity index (χ0v) is 9.90. The lowest BCUT2D eigenvalue weighted by molar-refractivity contribution is -0.123. The normalized spacial score (nSPS) is 12.3. The minimum absolute atomic E-state index is 0.0336. The molecule has 0 spiro atoms. The number of carbonyl (C=O) groups excluding carboxylic acids is 1. The number of aliphatic hydroxyl groups is 1. The summed E-state index contributed by atoms with van der Waals surface area (Å²) in [6.07, 6.45) is -0.628. The lowest BCUT2D eigenvalue weighted by Gasteiger charge is -2.14. The summed E-state index contributed by atoms with van der Waals surface area (Å²) in [5, 5.41) is 9.49. The molecule has 0 aromatic heterocycles. The van der Waals surface area contributed by atoms with Crippen molar-refractivity contribution in [2.24, 2.45) is 5.92 Å². The number of halogens is 1. The van der Waals surface area contributed by atoms with Crippen molar-refractivity contribution in [3.8, 4) is 0 Å². The number of carbonyl (C=O) groups is 1. The second-order valence-corrected chi connectivity index (χ2v) is 4.20. The van der Waals surface area contributed by atoms with Crippen LogP contribution in [0.15, 0.2) is 24.3 Å². The monoisotopic (exact) mass is 240 g/mol. The highest BCUT2D eigenvalue weighted by Crippen LogP contribution is 2.08. The van der Waals surface area contributed by atoms with Gasteiger partial charge in [0.25, 0.3) is 0 Å². The first-order chi connectivity index (χ1) is 7.99. The van der Waals surface area contributed by atoms with E-state index in [2.05, 4.69) is 10.9 Å². The van der Waals surface area contributed by atoms with Crippen LogP contribution >= 0.6 is 0 Å². The van der Waals surface area contributed by atoms with Gasteiger partial charge in [0.05, 0.1) is 18.2 Å². The maximum absolute atomic E-state index is 12.6. The molecular formula is C12H17FN2O2. The van der Waals surface area contributed by atoms with Gasteiger partial charge in [0.2, 0.25) is 5.91 Å². The second kappa shape index (κ2) is 6.20. The summed E-state index contributed by atoms with van der Waals surface area (Å²) >= 11 is 0. The molecule has 1 aromatic rings. The first kappa shape index (κ1) is 13.4. The van der Waals surface area contributed by atoms with E-state index in [0.717, 1.165) is 0 Å². The Balaban J connectivity index is 2.35. The molecule has 0 radical (unpaired) electrons. The first-order valence-electron chi connectivity index (χ1n) is 5.47. The van der Waals surface area contributed by atoms with Gasteiger partial charge in [-0.25, -0.2) is 4.39 Å². The van der Waals surface area contributed by atoms with Gasteiger partial charge in [-0.15, -0.1) is 0 Å². The summed E-state index contributed by atoms with van der Waals surface area (Å²) in [5.41, 5.74) is 5.65. The molecule has 0 bridgehead atoms. The Morgan fingerprint density at radius 3 is 2.47 bits per heavy atom. The fraction of sp³-hybridized carbons (Fsp3) is 0.417. The number of hydrazine groups is 1. The van der Waals surface area contributed by atoms with Crippen LogP contribution in [0.2, 0.25) is 0 Å². The molecule has 0 fully saturated rings. The van der Waals surface area contributed by atoms with E-state index in [1.807, 2.05) is 13.8 Å². The van der Waals surface area contributed by atoms with Crippen molar-refractivity contribution in [1.82, 2.24) is 5.43 Å². The minimum atomic E-state index is -0.662. The quantitative estimate of drug-likeness (QED) is 0.686. The molecule has 1 rings (SSSR count). The first-order valence-corrected chi connectivity index (χ1v) is 5.47. The molecule has 1 atom stereocenters. The van der Waals surface area contributed by atoms with Gasteiger partial charge in [0.1, 0.15) is 5.82 Å². The number of hydrogen-bond donors (Lipinski definition) is 3. The second-order valence-electron chi connectivity index (χ2n) is 4.20. The lowest BCUT2D eigenvalue weighted by Crippen LogP contribution is -2.33. The van der Waals surface area contributed by atoms with Crippen molar-refractivity contribution >= 4 is 11.6 Å². The lowest BCUT2D eigenvalue weighted by atomic mass is 10.0. The van der Waals surface area contributed by atoms with Gasteiger partial charge in [-0.1, -0.05) is 13.8 Å². The number of hydrogen-bond acceptors (Lipinski definition) is 3. The molecular weight excluding hydrogens is 223 g/mol. The third-order valence-electron chi connectivity index (χ3n) is 2.35. The number of amides is 1. The fourth-order valence-corrected chi connectivity index (χ4v) is 1.15. The fourth-order valence-electron chi connectivity index (χ4n) is 1.15. The van der Waals surface area contributed by atoms with Crippen LogP contribution in [0.3, 0.4) is 0 Å². The Morgan fingerprint density at radius 2 is 1.94 bits per heavy atom. The van der Waals surface area contributed by atoms with Crippen LogP contribution in [0, 0.1) is 11.7 Å². The molecule has 4 nitrogen and oxygen atoms in total. The third kappa shape index (κ3) is 4.82. The predicted molar refractivity (Wildman–Crippen MR) is 63.6 cm³/mol. The topological polar surface area (TPSA) is 61.4 Å². The van der Waals surface area contributed by atoms with Gasteiger partial charge in [0.15, 0.2) is 0 Å². The third-order valence-corrected chi connectivity index (χ3v) is 2.35. The standard InChI is InChI=1S/C12H17FN2O2/c1-8(2)11(16)7-12(17)15-14-10-5-3-9(13)4-6-10/h3-6,8,11,14,16H,7H2,1-2H3,(H,15,17). The minimum Gasteiger partial charge on any atom is -0.392 e. The zero-order valence-electron chi connectivity index (χ0n) is 9.90. The maximum Gasteiger partial charge on any atom is 0.240 e. The van der Waals surface area contributed by atoms with E-state index in [9.17, 15) is 14.3 Å². The summed E-state index contributed by atoms with van der Waals surface area (Å²) in [4.78, 5) is 11.4. The molecule has 17 heavy (non-hydrogen) atoms. The van der Waals surface area contributed by atoms with Crippen LogP contribution < -0.4 is 10.9 Å². The largest absolute Gasteiger partial charge is 0.392 e. The molecule has 5 heteroatoms. The summed E-state index contributed by atoms with van der Waals surface area (Å²) in [5.74, 6) is -0.612. The van der Waals surface area contributed by atoms with Crippen LogP contribution in [0.4, 0.5) is 10.1 Å². The van der Waals surface area contributed by atoms with Crippen molar-refractivity contribution in [3.63, 3.8) is 0 Å². The molecule has 1 unspecified atom stereocenters. The molecule has 1 aromatic carbocycles. The van der Waals surface area contributed by atoms with Gasteiger partial charge in [-0.3, -0.25) is 15.6 Å². The van der Waals surface area contributed by atoms with Crippen LogP contribution in [-0.2, 0) is 4.79 Å². The van der Waals surface area contributed by atoms with Crippen LogP contribution in [0.25, 0.3) is 0 Å². The zero-order chi connectivity index (χ0) is 12.8. The van der Waals surface area contributed by atoms with Gasteiger partial charge < -0.3 is 5.11 Å². The molecule has 1 amide bonds. The summed E-state index contributed by atoms with van der Waals surface area (Å²) in [6.45, 7) is 3.68. The Bertz CT molecular complexity index is 365. The Hall–Kier alpha value is -1.62. The average Bonchev–Trinajstić information content (AvgIpc) is 2.28. The van der Waals surface area contributed by atoms with E-state index >= 15 is 0 Å². The average molecular weight is 240 g/mol. The van der Waals surface area contributed by atoms with Gasteiger partial charge in [0, 0.05) is 0 Å². The highest BCUT2D eigenvalue weighted by Gasteiger charge is 2.13. The molecule has 0 heterocycles. The predicted octanol–water partition coefficient (Wildman–Crippen LogP) is 1.68.